The van der Waals surface area contributed by atoms with E-state index in [1.807, 2.05) is 59.5 Å². The summed E-state index contributed by atoms with van der Waals surface area (Å²) in [6.45, 7) is 3.23. The smallest absolute Gasteiger partial charge is 0.318 e. The maximum Gasteiger partial charge on any atom is 0.318 e. The normalized spacial score (nSPS) is 13.8. The van der Waals surface area contributed by atoms with Crippen molar-refractivity contribution in [2.45, 2.75) is 0 Å². The van der Waals surface area contributed by atoms with Gasteiger partial charge >= 0.3 is 6.03 Å². The molecule has 0 aromatic heterocycles. The molecular formula is C20H20ClN3O. The van der Waals surface area contributed by atoms with Crippen LogP contribution in [0.1, 0.15) is 5.56 Å². The molecule has 1 fully saturated rings. The highest BCUT2D eigenvalue weighted by Gasteiger charge is 2.21. The predicted molar refractivity (Wildman–Crippen MR) is 102 cm³/mol. The molecule has 1 N–H and O–H groups in total. The maximum absolute atomic E-state index is 12.2. The number of hydrogen-bond donors (Lipinski definition) is 1. The summed E-state index contributed by atoms with van der Waals surface area (Å²) in [4.78, 5) is 16.2. The standard InChI is InChI=1S/C20H20ClN3O/c21-18-10-4-5-11-19(18)23-13-15-24(16-14-23)20(25)22-12-6-9-17-7-2-1-3-8-17/h1-5,7-8,10-11H,12-16H2,(H,22,25). The number of para-hydroxylation sites is 1. The number of carbonyl (C=O) groups excluding carboxylic acids is 1. The van der Waals surface area contributed by atoms with Gasteiger partial charge < -0.3 is 15.1 Å². The molecule has 4 nitrogen and oxygen atoms in total. The third kappa shape index (κ3) is 4.68. The van der Waals surface area contributed by atoms with Gasteiger partial charge in [0.05, 0.1) is 17.3 Å². The summed E-state index contributed by atoms with van der Waals surface area (Å²) in [6, 6.07) is 17.5. The van der Waals surface area contributed by atoms with Crippen molar-refractivity contribution in [1.29, 1.82) is 0 Å². The van der Waals surface area contributed by atoms with Crippen LogP contribution in [0.4, 0.5) is 10.5 Å². The zero-order valence-corrected chi connectivity index (χ0v) is 14.7. The fraction of sp³-hybridized carbons (Fsp3) is 0.250. The second-order valence-electron chi connectivity index (χ2n) is 5.75. The number of rotatable bonds is 2. The molecule has 128 valence electrons. The Balaban J connectivity index is 1.46. The molecule has 0 saturated carbocycles. The number of amides is 2. The van der Waals surface area contributed by atoms with E-state index in [9.17, 15) is 4.79 Å². The third-order valence-corrected chi connectivity index (χ3v) is 4.41. The van der Waals surface area contributed by atoms with Crippen molar-refractivity contribution in [3.8, 4) is 11.8 Å². The van der Waals surface area contributed by atoms with E-state index in [1.165, 1.54) is 0 Å². The van der Waals surface area contributed by atoms with Gasteiger partial charge in [-0.05, 0) is 24.3 Å². The van der Waals surface area contributed by atoms with Crippen LogP contribution < -0.4 is 10.2 Å². The number of halogens is 1. The molecule has 1 saturated heterocycles. The highest BCUT2D eigenvalue weighted by atomic mass is 35.5. The van der Waals surface area contributed by atoms with Gasteiger partial charge in [-0.3, -0.25) is 0 Å². The fourth-order valence-corrected chi connectivity index (χ4v) is 3.01. The van der Waals surface area contributed by atoms with Crippen LogP contribution in [0, 0.1) is 11.8 Å². The Morgan fingerprint density at radius 1 is 1.00 bits per heavy atom. The molecule has 1 aliphatic rings. The van der Waals surface area contributed by atoms with Crippen LogP contribution in [0.2, 0.25) is 5.02 Å². The number of nitrogens with one attached hydrogen (secondary N) is 1. The van der Waals surface area contributed by atoms with Gasteiger partial charge in [0, 0.05) is 31.7 Å². The van der Waals surface area contributed by atoms with Gasteiger partial charge in [-0.15, -0.1) is 0 Å². The first-order valence-electron chi connectivity index (χ1n) is 8.30. The summed E-state index contributed by atoms with van der Waals surface area (Å²) < 4.78 is 0. The van der Waals surface area contributed by atoms with E-state index in [0.29, 0.717) is 19.6 Å². The van der Waals surface area contributed by atoms with Crippen LogP contribution >= 0.6 is 11.6 Å². The average molecular weight is 354 g/mol. The van der Waals surface area contributed by atoms with Gasteiger partial charge in [-0.1, -0.05) is 53.8 Å². The molecule has 1 heterocycles. The summed E-state index contributed by atoms with van der Waals surface area (Å²) >= 11 is 6.24. The first-order valence-corrected chi connectivity index (χ1v) is 8.68. The number of piperazine rings is 1. The van der Waals surface area contributed by atoms with Crippen LogP contribution in [-0.2, 0) is 0 Å². The Hall–Kier alpha value is -2.64. The number of hydrogen-bond acceptors (Lipinski definition) is 2. The molecule has 3 rings (SSSR count). The quantitative estimate of drug-likeness (QED) is 0.841. The SMILES string of the molecule is O=C(NCC#Cc1ccccc1)N1CCN(c2ccccc2Cl)CC1. The highest BCUT2D eigenvalue weighted by molar-refractivity contribution is 6.33. The fourth-order valence-electron chi connectivity index (χ4n) is 2.76. The van der Waals surface area contributed by atoms with Crippen molar-refractivity contribution in [3.05, 3.63) is 65.2 Å². The molecule has 0 unspecified atom stereocenters. The minimum atomic E-state index is -0.0684. The maximum atomic E-state index is 12.2. The van der Waals surface area contributed by atoms with E-state index in [2.05, 4.69) is 22.1 Å². The van der Waals surface area contributed by atoms with Crippen LogP contribution in [0.3, 0.4) is 0 Å². The topological polar surface area (TPSA) is 35.6 Å². The van der Waals surface area contributed by atoms with E-state index in [4.69, 9.17) is 11.6 Å². The first-order chi connectivity index (χ1) is 12.2. The molecule has 0 spiro atoms. The van der Waals surface area contributed by atoms with Crippen molar-refractivity contribution in [2.24, 2.45) is 0 Å². The number of urea groups is 1. The van der Waals surface area contributed by atoms with Crippen LogP contribution in [0.25, 0.3) is 0 Å². The summed E-state index contributed by atoms with van der Waals surface area (Å²) in [5.41, 5.74) is 1.98. The van der Waals surface area contributed by atoms with E-state index < -0.39 is 0 Å². The minimum Gasteiger partial charge on any atom is -0.367 e. The molecule has 0 radical (unpaired) electrons. The molecule has 2 aromatic carbocycles. The second kappa shape index (κ2) is 8.46. The Kier molecular flexibility index (Phi) is 5.81. The lowest BCUT2D eigenvalue weighted by atomic mass is 10.2. The lowest BCUT2D eigenvalue weighted by molar-refractivity contribution is 0.195. The van der Waals surface area contributed by atoms with Gasteiger partial charge in [0.1, 0.15) is 0 Å². The lowest BCUT2D eigenvalue weighted by Crippen LogP contribution is -2.52. The molecule has 2 amide bonds. The number of benzene rings is 2. The molecule has 25 heavy (non-hydrogen) atoms. The van der Waals surface area contributed by atoms with Crippen molar-refractivity contribution >= 4 is 23.3 Å². The van der Waals surface area contributed by atoms with Gasteiger partial charge in [0.25, 0.3) is 0 Å². The Bertz CT molecular complexity index is 774. The molecule has 0 atom stereocenters. The van der Waals surface area contributed by atoms with Crippen molar-refractivity contribution in [3.63, 3.8) is 0 Å². The van der Waals surface area contributed by atoms with E-state index in [0.717, 1.165) is 29.4 Å². The number of nitrogens with zero attached hydrogens (tertiary/aromatic N) is 2. The summed E-state index contributed by atoms with van der Waals surface area (Å²) in [7, 11) is 0. The van der Waals surface area contributed by atoms with Crippen molar-refractivity contribution in [2.75, 3.05) is 37.6 Å². The average Bonchev–Trinajstić information content (AvgIpc) is 2.66. The van der Waals surface area contributed by atoms with Crippen LogP contribution in [0.5, 0.6) is 0 Å². The monoisotopic (exact) mass is 353 g/mol. The Morgan fingerprint density at radius 2 is 1.68 bits per heavy atom. The Labute approximate surface area is 153 Å². The minimum absolute atomic E-state index is 0.0684. The van der Waals surface area contributed by atoms with Gasteiger partial charge in [0.2, 0.25) is 0 Å². The van der Waals surface area contributed by atoms with Crippen molar-refractivity contribution < 1.29 is 4.79 Å². The van der Waals surface area contributed by atoms with E-state index in [1.54, 1.807) is 0 Å². The van der Waals surface area contributed by atoms with Crippen LogP contribution in [-0.4, -0.2) is 43.7 Å². The van der Waals surface area contributed by atoms with Crippen LogP contribution in [0.15, 0.2) is 54.6 Å². The zero-order valence-electron chi connectivity index (χ0n) is 13.9. The van der Waals surface area contributed by atoms with Gasteiger partial charge in [-0.25, -0.2) is 4.79 Å². The summed E-state index contributed by atoms with van der Waals surface area (Å²) in [6.07, 6.45) is 0. The van der Waals surface area contributed by atoms with Crippen molar-refractivity contribution in [1.82, 2.24) is 10.2 Å². The summed E-state index contributed by atoms with van der Waals surface area (Å²) in [5.74, 6) is 6.01. The lowest BCUT2D eigenvalue weighted by Gasteiger charge is -2.36. The third-order valence-electron chi connectivity index (χ3n) is 4.09. The number of carbonyl (C=O) groups is 1. The van der Waals surface area contributed by atoms with E-state index in [-0.39, 0.29) is 6.03 Å². The summed E-state index contributed by atoms with van der Waals surface area (Å²) in [5, 5.41) is 3.60. The molecule has 5 heteroatoms. The van der Waals surface area contributed by atoms with Gasteiger partial charge in [-0.2, -0.15) is 0 Å². The zero-order chi connectivity index (χ0) is 17.5. The molecule has 2 aromatic rings. The number of anilines is 1. The van der Waals surface area contributed by atoms with E-state index >= 15 is 0 Å². The first kappa shape index (κ1) is 17.2. The molecule has 0 bridgehead atoms. The largest absolute Gasteiger partial charge is 0.367 e. The predicted octanol–water partition coefficient (Wildman–Crippen LogP) is 3.22. The highest BCUT2D eigenvalue weighted by Crippen LogP contribution is 2.25. The second-order valence-corrected chi connectivity index (χ2v) is 6.16. The Morgan fingerprint density at radius 3 is 2.40 bits per heavy atom. The van der Waals surface area contributed by atoms with Gasteiger partial charge in [0.15, 0.2) is 0 Å². The molecule has 0 aliphatic carbocycles. The molecular weight excluding hydrogens is 334 g/mol. The molecule has 1 aliphatic heterocycles.